The molecule has 2 rings (SSSR count). The first-order valence-corrected chi connectivity index (χ1v) is 7.36. The molecular formula is C15H20ClN3O2. The van der Waals surface area contributed by atoms with Gasteiger partial charge in [0.05, 0.1) is 0 Å². The van der Waals surface area contributed by atoms with Crippen LogP contribution >= 0.6 is 11.6 Å². The molecule has 5 nitrogen and oxygen atoms in total. The Morgan fingerprint density at radius 1 is 1.38 bits per heavy atom. The van der Waals surface area contributed by atoms with Gasteiger partial charge in [-0.1, -0.05) is 17.7 Å². The largest absolute Gasteiger partial charge is 0.491 e. The SMILES string of the molecule is OC(CNCCCn1cccn1)COc1cccc(Cl)c1. The molecule has 0 fully saturated rings. The summed E-state index contributed by atoms with van der Waals surface area (Å²) in [4.78, 5) is 0. The predicted octanol–water partition coefficient (Wildman–Crippen LogP) is 1.96. The van der Waals surface area contributed by atoms with E-state index >= 15 is 0 Å². The monoisotopic (exact) mass is 309 g/mol. The zero-order valence-corrected chi connectivity index (χ0v) is 12.5. The number of hydrogen-bond acceptors (Lipinski definition) is 4. The molecule has 0 aliphatic rings. The summed E-state index contributed by atoms with van der Waals surface area (Å²) in [6.07, 6.45) is 4.12. The summed E-state index contributed by atoms with van der Waals surface area (Å²) >= 11 is 5.86. The second-order valence-corrected chi connectivity index (χ2v) is 5.19. The molecule has 1 atom stereocenters. The average molecular weight is 310 g/mol. The van der Waals surface area contributed by atoms with Gasteiger partial charge in [-0.25, -0.2) is 0 Å². The Morgan fingerprint density at radius 2 is 2.29 bits per heavy atom. The summed E-state index contributed by atoms with van der Waals surface area (Å²) in [5.74, 6) is 0.667. The minimum Gasteiger partial charge on any atom is -0.491 e. The van der Waals surface area contributed by atoms with Gasteiger partial charge in [0.1, 0.15) is 18.5 Å². The summed E-state index contributed by atoms with van der Waals surface area (Å²) in [5, 5.41) is 17.8. The molecule has 114 valence electrons. The van der Waals surface area contributed by atoms with Gasteiger partial charge in [-0.05, 0) is 37.2 Å². The molecule has 0 aliphatic heterocycles. The highest BCUT2D eigenvalue weighted by atomic mass is 35.5. The fourth-order valence-electron chi connectivity index (χ4n) is 1.88. The van der Waals surface area contributed by atoms with E-state index in [-0.39, 0.29) is 6.61 Å². The maximum atomic E-state index is 9.83. The number of aliphatic hydroxyl groups is 1. The normalized spacial score (nSPS) is 12.3. The number of benzene rings is 1. The number of rotatable bonds is 9. The molecule has 0 radical (unpaired) electrons. The maximum absolute atomic E-state index is 9.83. The van der Waals surface area contributed by atoms with E-state index in [4.69, 9.17) is 16.3 Å². The Morgan fingerprint density at radius 3 is 3.05 bits per heavy atom. The lowest BCUT2D eigenvalue weighted by atomic mass is 10.3. The third-order valence-electron chi connectivity index (χ3n) is 2.92. The van der Waals surface area contributed by atoms with Crippen LogP contribution in [0.15, 0.2) is 42.7 Å². The second-order valence-electron chi connectivity index (χ2n) is 4.75. The fraction of sp³-hybridized carbons (Fsp3) is 0.400. The molecule has 1 heterocycles. The van der Waals surface area contributed by atoms with Gasteiger partial charge in [0.2, 0.25) is 0 Å². The van der Waals surface area contributed by atoms with Crippen LogP contribution in [0.2, 0.25) is 5.02 Å². The van der Waals surface area contributed by atoms with Gasteiger partial charge in [0, 0.05) is 30.5 Å². The minimum absolute atomic E-state index is 0.243. The lowest BCUT2D eigenvalue weighted by Gasteiger charge is -2.13. The highest BCUT2D eigenvalue weighted by Gasteiger charge is 2.05. The number of nitrogens with zero attached hydrogens (tertiary/aromatic N) is 2. The Labute approximate surface area is 129 Å². The molecule has 21 heavy (non-hydrogen) atoms. The fourth-order valence-corrected chi connectivity index (χ4v) is 2.06. The highest BCUT2D eigenvalue weighted by molar-refractivity contribution is 6.30. The van der Waals surface area contributed by atoms with E-state index in [1.54, 1.807) is 18.3 Å². The van der Waals surface area contributed by atoms with Crippen LogP contribution in [0, 0.1) is 0 Å². The molecule has 2 aromatic rings. The minimum atomic E-state index is -0.548. The number of nitrogens with one attached hydrogen (secondary N) is 1. The van der Waals surface area contributed by atoms with E-state index in [2.05, 4.69) is 10.4 Å². The average Bonchev–Trinajstić information content (AvgIpc) is 2.98. The van der Waals surface area contributed by atoms with E-state index in [0.717, 1.165) is 19.5 Å². The number of halogens is 1. The van der Waals surface area contributed by atoms with E-state index in [0.29, 0.717) is 17.3 Å². The second kappa shape index (κ2) is 8.67. The number of aromatic nitrogens is 2. The first kappa shape index (κ1) is 15.8. The van der Waals surface area contributed by atoms with E-state index in [9.17, 15) is 5.11 Å². The number of ether oxygens (including phenoxy) is 1. The standard InChI is InChI=1S/C15H20ClN3O2/c16-13-4-1-5-15(10-13)21-12-14(20)11-17-6-2-8-19-9-3-7-18-19/h1,3-5,7,9-10,14,17,20H,2,6,8,11-12H2. The quantitative estimate of drug-likeness (QED) is 0.695. The topological polar surface area (TPSA) is 59.3 Å². The molecule has 0 aliphatic carbocycles. The van der Waals surface area contributed by atoms with Gasteiger partial charge in [-0.3, -0.25) is 4.68 Å². The van der Waals surface area contributed by atoms with Crippen molar-refractivity contribution in [3.63, 3.8) is 0 Å². The smallest absolute Gasteiger partial charge is 0.120 e. The summed E-state index contributed by atoms with van der Waals surface area (Å²) in [5.41, 5.74) is 0. The van der Waals surface area contributed by atoms with Crippen molar-refractivity contribution in [2.45, 2.75) is 19.1 Å². The van der Waals surface area contributed by atoms with Crippen LogP contribution in [0.1, 0.15) is 6.42 Å². The summed E-state index contributed by atoms with van der Waals surface area (Å²) in [7, 11) is 0. The number of aliphatic hydroxyl groups excluding tert-OH is 1. The van der Waals surface area contributed by atoms with Crippen LogP contribution in [0.25, 0.3) is 0 Å². The van der Waals surface area contributed by atoms with Crippen molar-refractivity contribution in [1.82, 2.24) is 15.1 Å². The Kier molecular flexibility index (Phi) is 6.53. The summed E-state index contributed by atoms with van der Waals surface area (Å²) in [6.45, 7) is 2.44. The van der Waals surface area contributed by atoms with Crippen LogP contribution < -0.4 is 10.1 Å². The van der Waals surface area contributed by atoms with Gasteiger partial charge < -0.3 is 15.2 Å². The van der Waals surface area contributed by atoms with Crippen molar-refractivity contribution in [3.05, 3.63) is 47.7 Å². The van der Waals surface area contributed by atoms with Crippen molar-refractivity contribution in [2.75, 3.05) is 19.7 Å². The molecule has 1 unspecified atom stereocenters. The number of aryl methyl sites for hydroxylation is 1. The third-order valence-corrected chi connectivity index (χ3v) is 3.15. The molecule has 6 heteroatoms. The van der Waals surface area contributed by atoms with Crippen LogP contribution in [-0.4, -0.2) is 40.7 Å². The van der Waals surface area contributed by atoms with Gasteiger partial charge >= 0.3 is 0 Å². The van der Waals surface area contributed by atoms with Crippen molar-refractivity contribution >= 4 is 11.6 Å². The summed E-state index contributed by atoms with van der Waals surface area (Å²) in [6, 6.07) is 9.05. The van der Waals surface area contributed by atoms with Gasteiger partial charge in [-0.15, -0.1) is 0 Å². The summed E-state index contributed by atoms with van der Waals surface area (Å²) < 4.78 is 7.37. The molecule has 2 N–H and O–H groups in total. The van der Waals surface area contributed by atoms with Crippen LogP contribution in [0.4, 0.5) is 0 Å². The number of hydrogen-bond donors (Lipinski definition) is 2. The molecule has 0 bridgehead atoms. The predicted molar refractivity (Wildman–Crippen MR) is 82.7 cm³/mol. The molecule has 0 saturated carbocycles. The zero-order valence-electron chi connectivity index (χ0n) is 11.8. The Hall–Kier alpha value is -1.56. The Bertz CT molecular complexity index is 519. The van der Waals surface area contributed by atoms with E-state index in [1.807, 2.05) is 29.1 Å². The lowest BCUT2D eigenvalue weighted by molar-refractivity contribution is 0.106. The van der Waals surface area contributed by atoms with Gasteiger partial charge in [-0.2, -0.15) is 5.10 Å². The van der Waals surface area contributed by atoms with Gasteiger partial charge in [0.15, 0.2) is 0 Å². The zero-order chi connectivity index (χ0) is 14.9. The molecule has 1 aromatic heterocycles. The van der Waals surface area contributed by atoms with Gasteiger partial charge in [0.25, 0.3) is 0 Å². The van der Waals surface area contributed by atoms with Crippen LogP contribution in [0.3, 0.4) is 0 Å². The van der Waals surface area contributed by atoms with Crippen molar-refractivity contribution in [3.8, 4) is 5.75 Å². The molecule has 0 amide bonds. The lowest BCUT2D eigenvalue weighted by Crippen LogP contribution is -2.32. The van der Waals surface area contributed by atoms with Crippen molar-refractivity contribution in [2.24, 2.45) is 0 Å². The van der Waals surface area contributed by atoms with E-state index in [1.165, 1.54) is 0 Å². The van der Waals surface area contributed by atoms with Crippen molar-refractivity contribution in [1.29, 1.82) is 0 Å². The maximum Gasteiger partial charge on any atom is 0.120 e. The van der Waals surface area contributed by atoms with Crippen molar-refractivity contribution < 1.29 is 9.84 Å². The van der Waals surface area contributed by atoms with E-state index < -0.39 is 6.10 Å². The van der Waals surface area contributed by atoms with Crippen LogP contribution in [0.5, 0.6) is 5.75 Å². The molecule has 0 saturated heterocycles. The molecule has 1 aromatic carbocycles. The highest BCUT2D eigenvalue weighted by Crippen LogP contribution is 2.17. The first-order chi connectivity index (χ1) is 10.2. The van der Waals surface area contributed by atoms with Crippen LogP contribution in [-0.2, 0) is 6.54 Å². The third kappa shape index (κ3) is 6.16. The Balaban J connectivity index is 1.54. The molecule has 0 spiro atoms. The molecular weight excluding hydrogens is 290 g/mol. The first-order valence-electron chi connectivity index (χ1n) is 6.98.